The van der Waals surface area contributed by atoms with E-state index in [0.717, 1.165) is 37.9 Å². The smallest absolute Gasteiger partial charge is 0.119 e. The second-order valence-corrected chi connectivity index (χ2v) is 5.23. The van der Waals surface area contributed by atoms with Crippen molar-refractivity contribution in [2.75, 3.05) is 40.0 Å². The van der Waals surface area contributed by atoms with Gasteiger partial charge in [-0.1, -0.05) is 0 Å². The van der Waals surface area contributed by atoms with Crippen LogP contribution in [0.15, 0.2) is 24.3 Å². The van der Waals surface area contributed by atoms with E-state index in [0.29, 0.717) is 12.2 Å². The average Bonchev–Trinajstić information content (AvgIpc) is 2.50. The Bertz CT molecular complexity index is 431. The van der Waals surface area contributed by atoms with Crippen molar-refractivity contribution in [3.63, 3.8) is 0 Å². The molecule has 4 nitrogen and oxygen atoms in total. The largest absolute Gasteiger partial charge is 0.492 e. The Balaban J connectivity index is 1.65. The van der Waals surface area contributed by atoms with Gasteiger partial charge in [0.25, 0.3) is 0 Å². The van der Waals surface area contributed by atoms with Gasteiger partial charge in [-0.2, -0.15) is 5.26 Å². The Hall–Kier alpha value is -1.57. The van der Waals surface area contributed by atoms with Crippen LogP contribution in [0, 0.1) is 17.2 Å². The Morgan fingerprint density at radius 2 is 1.95 bits per heavy atom. The number of benzene rings is 1. The number of rotatable bonds is 6. The van der Waals surface area contributed by atoms with Crippen LogP contribution < -0.4 is 4.74 Å². The molecule has 0 radical (unpaired) electrons. The van der Waals surface area contributed by atoms with Gasteiger partial charge in [-0.15, -0.1) is 0 Å². The molecule has 0 spiro atoms. The zero-order valence-corrected chi connectivity index (χ0v) is 12.0. The van der Waals surface area contributed by atoms with Crippen molar-refractivity contribution in [3.8, 4) is 11.8 Å². The highest BCUT2D eigenvalue weighted by atomic mass is 16.5. The molecule has 0 bridgehead atoms. The molecule has 1 heterocycles. The Labute approximate surface area is 120 Å². The van der Waals surface area contributed by atoms with Crippen LogP contribution in [0.3, 0.4) is 0 Å². The topological polar surface area (TPSA) is 45.5 Å². The summed E-state index contributed by atoms with van der Waals surface area (Å²) in [4.78, 5) is 2.44. The van der Waals surface area contributed by atoms with Gasteiger partial charge in [0.2, 0.25) is 0 Å². The quantitative estimate of drug-likeness (QED) is 0.798. The number of nitrogens with zero attached hydrogens (tertiary/aromatic N) is 2. The molecule has 4 heteroatoms. The average molecular weight is 274 g/mol. The summed E-state index contributed by atoms with van der Waals surface area (Å²) >= 11 is 0. The summed E-state index contributed by atoms with van der Waals surface area (Å²) in [6.45, 7) is 4.80. The van der Waals surface area contributed by atoms with Gasteiger partial charge in [0.1, 0.15) is 12.4 Å². The number of piperidine rings is 1. The highest BCUT2D eigenvalue weighted by molar-refractivity contribution is 5.34. The summed E-state index contributed by atoms with van der Waals surface area (Å²) < 4.78 is 10.9. The maximum Gasteiger partial charge on any atom is 0.119 e. The van der Waals surface area contributed by atoms with Crippen LogP contribution in [-0.2, 0) is 4.74 Å². The van der Waals surface area contributed by atoms with Crippen molar-refractivity contribution < 1.29 is 9.47 Å². The van der Waals surface area contributed by atoms with Gasteiger partial charge < -0.3 is 9.47 Å². The molecule has 108 valence electrons. The highest BCUT2D eigenvalue weighted by Crippen LogP contribution is 2.17. The Morgan fingerprint density at radius 1 is 1.25 bits per heavy atom. The molecule has 1 fully saturated rings. The summed E-state index contributed by atoms with van der Waals surface area (Å²) in [5.74, 6) is 1.55. The number of hydrogen-bond acceptors (Lipinski definition) is 4. The molecule has 0 aromatic heterocycles. The van der Waals surface area contributed by atoms with Gasteiger partial charge in [0, 0.05) is 20.3 Å². The standard InChI is InChI=1S/C16H22N2O2/c1-19-13-15-6-8-18(9-7-15)10-11-20-16-4-2-14(12-17)3-5-16/h2-5,15H,6-11,13H2,1H3. The normalized spacial score (nSPS) is 16.8. The van der Waals surface area contributed by atoms with E-state index in [1.807, 2.05) is 12.1 Å². The first-order valence-corrected chi connectivity index (χ1v) is 7.16. The lowest BCUT2D eigenvalue weighted by molar-refractivity contribution is 0.0928. The van der Waals surface area contributed by atoms with Crippen molar-refractivity contribution in [1.29, 1.82) is 5.26 Å². The summed E-state index contributed by atoms with van der Waals surface area (Å²) in [6, 6.07) is 9.37. The maximum absolute atomic E-state index is 8.73. The van der Waals surface area contributed by atoms with E-state index in [-0.39, 0.29) is 0 Å². The molecule has 0 saturated carbocycles. The Morgan fingerprint density at radius 3 is 2.55 bits per heavy atom. The monoisotopic (exact) mass is 274 g/mol. The minimum Gasteiger partial charge on any atom is -0.492 e. The van der Waals surface area contributed by atoms with E-state index < -0.39 is 0 Å². The molecule has 0 amide bonds. The van der Waals surface area contributed by atoms with Crippen molar-refractivity contribution >= 4 is 0 Å². The van der Waals surface area contributed by atoms with Gasteiger partial charge in [0.05, 0.1) is 11.6 Å². The molecular weight excluding hydrogens is 252 g/mol. The SMILES string of the molecule is COCC1CCN(CCOc2ccc(C#N)cc2)CC1. The first-order valence-electron chi connectivity index (χ1n) is 7.16. The minimum atomic E-state index is 0.664. The third-order valence-electron chi connectivity index (χ3n) is 3.77. The predicted octanol–water partition coefficient (Wildman–Crippen LogP) is 2.30. The Kier molecular flexibility index (Phi) is 5.85. The summed E-state index contributed by atoms with van der Waals surface area (Å²) in [5.41, 5.74) is 0.664. The van der Waals surface area contributed by atoms with E-state index in [1.54, 1.807) is 19.2 Å². The molecule has 1 aliphatic rings. The molecule has 20 heavy (non-hydrogen) atoms. The third kappa shape index (κ3) is 4.52. The van der Waals surface area contributed by atoms with Gasteiger partial charge in [0.15, 0.2) is 0 Å². The summed E-state index contributed by atoms with van der Waals surface area (Å²) in [6.07, 6.45) is 2.43. The summed E-state index contributed by atoms with van der Waals surface area (Å²) in [7, 11) is 1.78. The first kappa shape index (κ1) is 14.8. The maximum atomic E-state index is 8.73. The molecule has 0 aliphatic carbocycles. The molecule has 2 rings (SSSR count). The second kappa shape index (κ2) is 7.88. The van der Waals surface area contributed by atoms with Gasteiger partial charge >= 0.3 is 0 Å². The zero-order chi connectivity index (χ0) is 14.2. The lowest BCUT2D eigenvalue weighted by Crippen LogP contribution is -2.37. The number of hydrogen-bond donors (Lipinski definition) is 0. The van der Waals surface area contributed by atoms with E-state index in [1.165, 1.54) is 12.8 Å². The second-order valence-electron chi connectivity index (χ2n) is 5.23. The predicted molar refractivity (Wildman–Crippen MR) is 77.7 cm³/mol. The van der Waals surface area contributed by atoms with Crippen molar-refractivity contribution in [3.05, 3.63) is 29.8 Å². The molecule has 1 aliphatic heterocycles. The third-order valence-corrected chi connectivity index (χ3v) is 3.77. The number of ether oxygens (including phenoxy) is 2. The first-order chi connectivity index (χ1) is 9.81. The van der Waals surface area contributed by atoms with Crippen LogP contribution in [0.5, 0.6) is 5.75 Å². The fraction of sp³-hybridized carbons (Fsp3) is 0.562. The van der Waals surface area contributed by atoms with Crippen molar-refractivity contribution in [2.24, 2.45) is 5.92 Å². The van der Waals surface area contributed by atoms with Crippen molar-refractivity contribution in [2.45, 2.75) is 12.8 Å². The summed E-state index contributed by atoms with van der Waals surface area (Å²) in [5, 5.41) is 8.73. The van der Waals surface area contributed by atoms with Gasteiger partial charge in [-0.05, 0) is 56.1 Å². The van der Waals surface area contributed by atoms with Crippen LogP contribution in [0.25, 0.3) is 0 Å². The molecule has 0 unspecified atom stereocenters. The van der Waals surface area contributed by atoms with Crippen LogP contribution in [-0.4, -0.2) is 44.9 Å². The molecule has 0 atom stereocenters. The van der Waals surface area contributed by atoms with E-state index in [4.69, 9.17) is 14.7 Å². The van der Waals surface area contributed by atoms with Crippen LogP contribution in [0.4, 0.5) is 0 Å². The van der Waals surface area contributed by atoms with Crippen molar-refractivity contribution in [1.82, 2.24) is 4.90 Å². The number of likely N-dealkylation sites (tertiary alicyclic amines) is 1. The van der Waals surface area contributed by atoms with Crippen LogP contribution in [0.2, 0.25) is 0 Å². The fourth-order valence-corrected chi connectivity index (χ4v) is 2.53. The van der Waals surface area contributed by atoms with E-state index >= 15 is 0 Å². The van der Waals surface area contributed by atoms with E-state index in [2.05, 4.69) is 11.0 Å². The zero-order valence-electron chi connectivity index (χ0n) is 12.0. The fourth-order valence-electron chi connectivity index (χ4n) is 2.53. The minimum absolute atomic E-state index is 0.664. The molecule has 1 saturated heterocycles. The van der Waals surface area contributed by atoms with Gasteiger partial charge in [-0.25, -0.2) is 0 Å². The molecule has 1 aromatic carbocycles. The molecule has 1 aromatic rings. The number of methoxy groups -OCH3 is 1. The highest BCUT2D eigenvalue weighted by Gasteiger charge is 2.18. The van der Waals surface area contributed by atoms with Crippen LogP contribution in [0.1, 0.15) is 18.4 Å². The lowest BCUT2D eigenvalue weighted by atomic mass is 9.98. The van der Waals surface area contributed by atoms with Crippen LogP contribution >= 0.6 is 0 Å². The lowest BCUT2D eigenvalue weighted by Gasteiger charge is -2.31. The molecule has 0 N–H and O–H groups in total. The van der Waals surface area contributed by atoms with E-state index in [9.17, 15) is 0 Å². The number of nitriles is 1. The van der Waals surface area contributed by atoms with Gasteiger partial charge in [-0.3, -0.25) is 4.90 Å². The molecular formula is C16H22N2O2.